The van der Waals surface area contributed by atoms with Crippen LogP contribution in [0.4, 0.5) is 11.4 Å². The van der Waals surface area contributed by atoms with E-state index in [1.54, 1.807) is 21.1 Å². The van der Waals surface area contributed by atoms with Crippen molar-refractivity contribution in [1.82, 2.24) is 0 Å². The quantitative estimate of drug-likeness (QED) is 0.847. The first-order valence-electron chi connectivity index (χ1n) is 7.81. The van der Waals surface area contributed by atoms with Crippen molar-refractivity contribution in [3.63, 3.8) is 0 Å². The maximum Gasteiger partial charge on any atom is 0.246 e. The van der Waals surface area contributed by atoms with Gasteiger partial charge in [0.25, 0.3) is 0 Å². The molecule has 2 aromatic carbocycles. The number of nitrogens with one attached hydrogen (secondary N) is 2. The second kappa shape index (κ2) is 7.73. The molecule has 2 aromatic rings. The van der Waals surface area contributed by atoms with Crippen molar-refractivity contribution >= 4 is 17.3 Å². The lowest BCUT2D eigenvalue weighted by Gasteiger charge is -2.19. The zero-order chi connectivity index (χ0) is 17.7. The summed E-state index contributed by atoms with van der Waals surface area (Å²) in [4.78, 5) is 12.5. The number of benzene rings is 2. The molecule has 2 rings (SSSR count). The fourth-order valence-corrected chi connectivity index (χ4v) is 2.39. The Morgan fingerprint density at radius 1 is 0.917 bits per heavy atom. The van der Waals surface area contributed by atoms with E-state index >= 15 is 0 Å². The van der Waals surface area contributed by atoms with Gasteiger partial charge < -0.3 is 20.1 Å². The topological polar surface area (TPSA) is 59.6 Å². The summed E-state index contributed by atoms with van der Waals surface area (Å²) in [6.07, 6.45) is 0. The molecule has 0 radical (unpaired) electrons. The van der Waals surface area contributed by atoms with Gasteiger partial charge in [-0.2, -0.15) is 0 Å². The van der Waals surface area contributed by atoms with Crippen LogP contribution in [0.5, 0.6) is 11.5 Å². The molecule has 5 nitrogen and oxygen atoms in total. The number of methoxy groups -OCH3 is 2. The van der Waals surface area contributed by atoms with Crippen LogP contribution >= 0.6 is 0 Å². The Hall–Kier alpha value is -2.69. The Labute approximate surface area is 143 Å². The van der Waals surface area contributed by atoms with Crippen LogP contribution in [-0.2, 0) is 4.79 Å². The highest BCUT2D eigenvalue weighted by molar-refractivity contribution is 5.97. The summed E-state index contributed by atoms with van der Waals surface area (Å²) in [7, 11) is 3.19. The molecule has 0 fully saturated rings. The summed E-state index contributed by atoms with van der Waals surface area (Å²) in [5.74, 6) is 1.19. The maximum atomic E-state index is 12.5. The van der Waals surface area contributed by atoms with E-state index in [0.29, 0.717) is 17.2 Å². The van der Waals surface area contributed by atoms with E-state index in [1.165, 1.54) is 0 Å². The third kappa shape index (κ3) is 4.19. The van der Waals surface area contributed by atoms with Crippen molar-refractivity contribution < 1.29 is 14.3 Å². The van der Waals surface area contributed by atoms with E-state index in [9.17, 15) is 4.79 Å². The molecular weight excluding hydrogens is 304 g/mol. The lowest BCUT2D eigenvalue weighted by atomic mass is 10.1. The minimum absolute atomic E-state index is 0.151. The van der Waals surface area contributed by atoms with Gasteiger partial charge in [-0.3, -0.25) is 4.79 Å². The highest BCUT2D eigenvalue weighted by atomic mass is 16.5. The SMILES string of the molecule is COc1ccc(C)cc1NC(=O)C(C)Nc1cc(C)ccc1OC. The summed E-state index contributed by atoms with van der Waals surface area (Å²) in [6, 6.07) is 11.0. The average Bonchev–Trinajstić information content (AvgIpc) is 2.55. The molecule has 0 saturated carbocycles. The minimum atomic E-state index is -0.439. The number of aryl methyl sites for hydroxylation is 2. The van der Waals surface area contributed by atoms with E-state index in [-0.39, 0.29) is 5.91 Å². The highest BCUT2D eigenvalue weighted by Crippen LogP contribution is 2.27. The molecule has 1 amide bonds. The minimum Gasteiger partial charge on any atom is -0.495 e. The molecule has 0 spiro atoms. The smallest absolute Gasteiger partial charge is 0.246 e. The Kier molecular flexibility index (Phi) is 5.68. The average molecular weight is 328 g/mol. The fourth-order valence-electron chi connectivity index (χ4n) is 2.39. The van der Waals surface area contributed by atoms with Gasteiger partial charge in [0.1, 0.15) is 17.5 Å². The zero-order valence-corrected chi connectivity index (χ0v) is 14.8. The van der Waals surface area contributed by atoms with Gasteiger partial charge in [0.05, 0.1) is 25.6 Å². The van der Waals surface area contributed by atoms with Crippen molar-refractivity contribution in [1.29, 1.82) is 0 Å². The van der Waals surface area contributed by atoms with Crippen LogP contribution in [0.1, 0.15) is 18.1 Å². The fraction of sp³-hybridized carbons (Fsp3) is 0.316. The molecule has 0 aliphatic carbocycles. The van der Waals surface area contributed by atoms with E-state index in [4.69, 9.17) is 9.47 Å². The molecule has 1 unspecified atom stereocenters. The monoisotopic (exact) mass is 328 g/mol. The molecule has 24 heavy (non-hydrogen) atoms. The van der Waals surface area contributed by atoms with E-state index < -0.39 is 6.04 Å². The molecule has 0 aromatic heterocycles. The van der Waals surface area contributed by atoms with Crippen LogP contribution in [0.25, 0.3) is 0 Å². The van der Waals surface area contributed by atoms with Crippen molar-refractivity contribution in [2.75, 3.05) is 24.9 Å². The third-order valence-electron chi connectivity index (χ3n) is 3.73. The number of carbonyl (C=O) groups excluding carboxylic acids is 1. The molecule has 0 heterocycles. The Morgan fingerprint density at radius 3 is 1.96 bits per heavy atom. The number of amides is 1. The molecule has 5 heteroatoms. The molecule has 0 bridgehead atoms. The van der Waals surface area contributed by atoms with E-state index in [1.807, 2.05) is 50.2 Å². The standard InChI is InChI=1S/C19H24N2O3/c1-12-6-8-17(23-4)15(10-12)20-14(3)19(22)21-16-11-13(2)7-9-18(16)24-5/h6-11,14,20H,1-5H3,(H,21,22). The van der Waals surface area contributed by atoms with Crippen LogP contribution in [0, 0.1) is 13.8 Å². The second-order valence-electron chi connectivity index (χ2n) is 5.76. The summed E-state index contributed by atoms with van der Waals surface area (Å²) in [5.41, 5.74) is 3.59. The van der Waals surface area contributed by atoms with Crippen molar-refractivity contribution in [2.24, 2.45) is 0 Å². The molecule has 128 valence electrons. The first-order valence-corrected chi connectivity index (χ1v) is 7.81. The van der Waals surface area contributed by atoms with Crippen LogP contribution in [-0.4, -0.2) is 26.2 Å². The van der Waals surface area contributed by atoms with Crippen LogP contribution < -0.4 is 20.1 Å². The van der Waals surface area contributed by atoms with E-state index in [0.717, 1.165) is 16.8 Å². The molecule has 0 aliphatic heterocycles. The zero-order valence-electron chi connectivity index (χ0n) is 14.8. The van der Waals surface area contributed by atoms with Crippen molar-refractivity contribution in [3.8, 4) is 11.5 Å². The summed E-state index contributed by atoms with van der Waals surface area (Å²) in [5, 5.41) is 6.10. The third-order valence-corrected chi connectivity index (χ3v) is 3.73. The molecule has 1 atom stereocenters. The van der Waals surface area contributed by atoms with Crippen molar-refractivity contribution in [3.05, 3.63) is 47.5 Å². The number of ether oxygens (including phenoxy) is 2. The van der Waals surface area contributed by atoms with Gasteiger partial charge in [-0.05, 0) is 56.2 Å². The number of carbonyl (C=O) groups is 1. The van der Waals surface area contributed by atoms with Gasteiger partial charge in [0, 0.05) is 0 Å². The Bertz CT molecular complexity index is 729. The van der Waals surface area contributed by atoms with Gasteiger partial charge in [-0.1, -0.05) is 12.1 Å². The predicted molar refractivity (Wildman–Crippen MR) is 97.2 cm³/mol. The molecular formula is C19H24N2O3. The van der Waals surface area contributed by atoms with Gasteiger partial charge in [0.2, 0.25) is 5.91 Å². The summed E-state index contributed by atoms with van der Waals surface area (Å²) >= 11 is 0. The van der Waals surface area contributed by atoms with Gasteiger partial charge in [-0.15, -0.1) is 0 Å². The van der Waals surface area contributed by atoms with Crippen LogP contribution in [0.15, 0.2) is 36.4 Å². The van der Waals surface area contributed by atoms with Crippen molar-refractivity contribution in [2.45, 2.75) is 26.8 Å². The first kappa shape index (κ1) is 17.7. The Balaban J connectivity index is 2.13. The summed E-state index contributed by atoms with van der Waals surface area (Å²) < 4.78 is 10.6. The van der Waals surface area contributed by atoms with Gasteiger partial charge >= 0.3 is 0 Å². The Morgan fingerprint density at radius 2 is 1.42 bits per heavy atom. The number of anilines is 2. The summed E-state index contributed by atoms with van der Waals surface area (Å²) in [6.45, 7) is 5.76. The van der Waals surface area contributed by atoms with Gasteiger partial charge in [-0.25, -0.2) is 0 Å². The van der Waals surface area contributed by atoms with Crippen LogP contribution in [0.3, 0.4) is 0 Å². The molecule has 2 N–H and O–H groups in total. The van der Waals surface area contributed by atoms with Crippen LogP contribution in [0.2, 0.25) is 0 Å². The number of rotatable bonds is 6. The lowest BCUT2D eigenvalue weighted by Crippen LogP contribution is -2.32. The molecule has 0 aliphatic rings. The lowest BCUT2D eigenvalue weighted by molar-refractivity contribution is -0.116. The maximum absolute atomic E-state index is 12.5. The second-order valence-corrected chi connectivity index (χ2v) is 5.76. The number of hydrogen-bond acceptors (Lipinski definition) is 4. The first-order chi connectivity index (χ1) is 11.4. The van der Waals surface area contributed by atoms with E-state index in [2.05, 4.69) is 10.6 Å². The number of hydrogen-bond donors (Lipinski definition) is 2. The van der Waals surface area contributed by atoms with Gasteiger partial charge in [0.15, 0.2) is 0 Å². The largest absolute Gasteiger partial charge is 0.495 e. The predicted octanol–water partition coefficient (Wildman–Crippen LogP) is 3.76. The normalized spacial score (nSPS) is 11.5. The highest BCUT2D eigenvalue weighted by Gasteiger charge is 2.16. The molecule has 0 saturated heterocycles.